The van der Waals surface area contributed by atoms with Crippen LogP contribution in [0.2, 0.25) is 0 Å². The summed E-state index contributed by atoms with van der Waals surface area (Å²) in [5.41, 5.74) is 4.43. The molecule has 1 aliphatic heterocycles. The van der Waals surface area contributed by atoms with Gasteiger partial charge in [-0.25, -0.2) is 4.79 Å². The van der Waals surface area contributed by atoms with Crippen LogP contribution in [0.15, 0.2) is 77.1 Å². The van der Waals surface area contributed by atoms with Gasteiger partial charge in [0.05, 0.1) is 17.6 Å². The van der Waals surface area contributed by atoms with E-state index in [2.05, 4.69) is 19.2 Å². The maximum absolute atomic E-state index is 13.5. The van der Waals surface area contributed by atoms with E-state index in [0.29, 0.717) is 29.9 Å². The number of ketones is 1. The van der Waals surface area contributed by atoms with Gasteiger partial charge in [0, 0.05) is 29.0 Å². The molecule has 2 aliphatic rings. The van der Waals surface area contributed by atoms with Crippen molar-refractivity contribution in [1.29, 1.82) is 0 Å². The van der Waals surface area contributed by atoms with Crippen LogP contribution in [0.25, 0.3) is 0 Å². The number of benzene rings is 2. The molecule has 1 atom stereocenters. The SMILES string of the molecule is CC1=C(C(=O)OC(C)C)[C@@H](c2ccccc2OCc2ccccc2)C2=C(CC(C)(C)CC2=O)N1. The quantitative estimate of drug-likeness (QED) is 0.552. The van der Waals surface area contributed by atoms with Crippen LogP contribution in [0, 0.1) is 5.41 Å². The lowest BCUT2D eigenvalue weighted by molar-refractivity contribution is -0.143. The molecule has 0 spiro atoms. The molecule has 0 amide bonds. The fourth-order valence-corrected chi connectivity index (χ4v) is 4.88. The Kier molecular flexibility index (Phi) is 6.65. The zero-order valence-corrected chi connectivity index (χ0v) is 20.6. The number of Topliss-reactive ketones (excluding diaryl/α,β-unsaturated/α-hetero) is 1. The number of carbonyl (C=O) groups excluding carboxylic acids is 2. The third kappa shape index (κ3) is 4.93. The summed E-state index contributed by atoms with van der Waals surface area (Å²) >= 11 is 0. The molecule has 0 unspecified atom stereocenters. The molecule has 2 aromatic rings. The predicted octanol–water partition coefficient (Wildman–Crippen LogP) is 5.82. The maximum Gasteiger partial charge on any atom is 0.337 e. The van der Waals surface area contributed by atoms with Crippen molar-refractivity contribution in [2.45, 2.75) is 66.1 Å². The van der Waals surface area contributed by atoms with Crippen LogP contribution in [0.4, 0.5) is 0 Å². The van der Waals surface area contributed by atoms with Crippen molar-refractivity contribution in [2.24, 2.45) is 5.41 Å². The predicted molar refractivity (Wildman–Crippen MR) is 132 cm³/mol. The number of dihydropyridines is 1. The largest absolute Gasteiger partial charge is 0.489 e. The van der Waals surface area contributed by atoms with Gasteiger partial charge in [-0.15, -0.1) is 0 Å². The molecule has 1 N–H and O–H groups in total. The number of hydrogen-bond acceptors (Lipinski definition) is 5. The van der Waals surface area contributed by atoms with Gasteiger partial charge >= 0.3 is 5.97 Å². The molecule has 0 bridgehead atoms. The minimum atomic E-state index is -0.543. The Bertz CT molecular complexity index is 1160. The van der Waals surface area contributed by atoms with Crippen LogP contribution in [-0.4, -0.2) is 17.9 Å². The molecule has 0 saturated heterocycles. The minimum absolute atomic E-state index is 0.0592. The van der Waals surface area contributed by atoms with Crippen molar-refractivity contribution in [3.05, 3.63) is 88.3 Å². The smallest absolute Gasteiger partial charge is 0.337 e. The van der Waals surface area contributed by atoms with E-state index in [-0.39, 0.29) is 17.3 Å². The molecular weight excluding hydrogens is 426 g/mol. The molecule has 178 valence electrons. The van der Waals surface area contributed by atoms with Crippen LogP contribution < -0.4 is 10.1 Å². The number of para-hydroxylation sites is 1. The molecule has 34 heavy (non-hydrogen) atoms. The molecule has 2 aromatic carbocycles. The van der Waals surface area contributed by atoms with Gasteiger partial charge in [-0.3, -0.25) is 4.79 Å². The van der Waals surface area contributed by atoms with Crippen molar-refractivity contribution < 1.29 is 19.1 Å². The molecule has 1 aliphatic carbocycles. The number of hydrogen-bond donors (Lipinski definition) is 1. The topological polar surface area (TPSA) is 64.6 Å². The van der Waals surface area contributed by atoms with Crippen LogP contribution >= 0.6 is 0 Å². The first-order valence-corrected chi connectivity index (χ1v) is 11.9. The van der Waals surface area contributed by atoms with E-state index in [1.54, 1.807) is 0 Å². The fourth-order valence-electron chi connectivity index (χ4n) is 4.88. The summed E-state index contributed by atoms with van der Waals surface area (Å²) in [6.07, 6.45) is 0.902. The third-order valence-electron chi connectivity index (χ3n) is 6.27. The molecule has 0 radical (unpaired) electrons. The average Bonchev–Trinajstić information content (AvgIpc) is 2.76. The number of carbonyl (C=O) groups is 2. The number of rotatable bonds is 6. The second-order valence-electron chi connectivity index (χ2n) is 10.2. The summed E-state index contributed by atoms with van der Waals surface area (Å²) < 4.78 is 11.9. The molecule has 5 nitrogen and oxygen atoms in total. The molecule has 0 saturated carbocycles. The number of allylic oxidation sites excluding steroid dienone is 3. The normalized spacial score (nSPS) is 19.6. The average molecular weight is 460 g/mol. The Labute approximate surface area is 201 Å². The Morgan fingerprint density at radius 1 is 1.06 bits per heavy atom. The third-order valence-corrected chi connectivity index (χ3v) is 6.27. The number of ether oxygens (including phenoxy) is 2. The van der Waals surface area contributed by atoms with Gasteiger partial charge in [0.15, 0.2) is 5.78 Å². The van der Waals surface area contributed by atoms with Crippen molar-refractivity contribution in [2.75, 3.05) is 0 Å². The first-order chi connectivity index (χ1) is 16.2. The van der Waals surface area contributed by atoms with Crippen LogP contribution in [0.3, 0.4) is 0 Å². The lowest BCUT2D eigenvalue weighted by Gasteiger charge is -2.39. The van der Waals surface area contributed by atoms with E-state index in [1.807, 2.05) is 75.4 Å². The van der Waals surface area contributed by atoms with E-state index in [1.165, 1.54) is 0 Å². The standard InChI is InChI=1S/C29H33NO4/c1-18(2)34-28(32)25-19(3)30-22-15-29(4,5)16-23(31)27(22)26(25)21-13-9-10-14-24(21)33-17-20-11-7-6-8-12-20/h6-14,18,26,30H,15-17H2,1-5H3/t26-/m1/s1. The van der Waals surface area contributed by atoms with Gasteiger partial charge in [-0.2, -0.15) is 0 Å². The van der Waals surface area contributed by atoms with Crippen LogP contribution in [0.1, 0.15) is 64.5 Å². The maximum atomic E-state index is 13.5. The fraction of sp³-hybridized carbons (Fsp3) is 0.379. The van der Waals surface area contributed by atoms with Crippen LogP contribution in [-0.2, 0) is 20.9 Å². The van der Waals surface area contributed by atoms with Crippen molar-refractivity contribution in [3.63, 3.8) is 0 Å². The van der Waals surface area contributed by atoms with E-state index >= 15 is 0 Å². The van der Waals surface area contributed by atoms with Gasteiger partial charge < -0.3 is 14.8 Å². The van der Waals surface area contributed by atoms with E-state index in [0.717, 1.165) is 28.9 Å². The van der Waals surface area contributed by atoms with Crippen molar-refractivity contribution in [1.82, 2.24) is 5.32 Å². The summed E-state index contributed by atoms with van der Waals surface area (Å²) in [6, 6.07) is 17.6. The summed E-state index contributed by atoms with van der Waals surface area (Å²) in [7, 11) is 0. The Morgan fingerprint density at radius 3 is 2.44 bits per heavy atom. The second-order valence-corrected chi connectivity index (χ2v) is 10.2. The van der Waals surface area contributed by atoms with E-state index in [4.69, 9.17) is 9.47 Å². The summed E-state index contributed by atoms with van der Waals surface area (Å²) in [4.78, 5) is 26.8. The first kappa shape index (κ1) is 23.8. The van der Waals surface area contributed by atoms with Crippen molar-refractivity contribution >= 4 is 11.8 Å². The summed E-state index contributed by atoms with van der Waals surface area (Å²) in [5.74, 6) is -0.237. The van der Waals surface area contributed by atoms with Gasteiger partial charge in [0.25, 0.3) is 0 Å². The number of esters is 1. The minimum Gasteiger partial charge on any atom is -0.489 e. The summed E-state index contributed by atoms with van der Waals surface area (Å²) in [5, 5.41) is 3.38. The number of nitrogens with one attached hydrogen (secondary N) is 1. The Balaban J connectivity index is 1.81. The van der Waals surface area contributed by atoms with E-state index < -0.39 is 11.9 Å². The monoisotopic (exact) mass is 459 g/mol. The molecule has 0 aromatic heterocycles. The molecule has 1 heterocycles. The van der Waals surface area contributed by atoms with Crippen LogP contribution in [0.5, 0.6) is 5.75 Å². The molecule has 5 heteroatoms. The van der Waals surface area contributed by atoms with Crippen molar-refractivity contribution in [3.8, 4) is 5.75 Å². The first-order valence-electron chi connectivity index (χ1n) is 11.9. The highest BCUT2D eigenvalue weighted by atomic mass is 16.5. The lowest BCUT2D eigenvalue weighted by Crippen LogP contribution is -2.39. The molecular formula is C29H33NO4. The highest BCUT2D eigenvalue weighted by molar-refractivity contribution is 6.04. The Morgan fingerprint density at radius 2 is 1.74 bits per heavy atom. The molecule has 0 fully saturated rings. The van der Waals surface area contributed by atoms with Gasteiger partial charge in [-0.05, 0) is 44.2 Å². The molecule has 4 rings (SSSR count). The zero-order chi connectivity index (χ0) is 24.5. The van der Waals surface area contributed by atoms with Gasteiger partial charge in [-0.1, -0.05) is 62.4 Å². The zero-order valence-electron chi connectivity index (χ0n) is 20.6. The highest BCUT2D eigenvalue weighted by Crippen LogP contribution is 2.48. The van der Waals surface area contributed by atoms with Gasteiger partial charge in [0.2, 0.25) is 0 Å². The highest BCUT2D eigenvalue weighted by Gasteiger charge is 2.44. The second kappa shape index (κ2) is 9.49. The Hall–Kier alpha value is -3.34. The summed E-state index contributed by atoms with van der Waals surface area (Å²) in [6.45, 7) is 10.1. The van der Waals surface area contributed by atoms with E-state index in [9.17, 15) is 9.59 Å². The lowest BCUT2D eigenvalue weighted by atomic mass is 9.68. The van der Waals surface area contributed by atoms with Gasteiger partial charge in [0.1, 0.15) is 12.4 Å².